The van der Waals surface area contributed by atoms with Crippen LogP contribution in [0.1, 0.15) is 48.0 Å². The molecule has 2 rings (SSSR count). The number of rotatable bonds is 0. The summed E-state index contributed by atoms with van der Waals surface area (Å²) >= 11 is 0. The maximum Gasteiger partial charge on any atom is 0.243 e. The van der Waals surface area contributed by atoms with Crippen LogP contribution in [0.3, 0.4) is 0 Å². The van der Waals surface area contributed by atoms with Crippen LogP contribution in [0.4, 0.5) is 0 Å². The van der Waals surface area contributed by atoms with E-state index >= 15 is 0 Å². The number of nitrogens with one attached hydrogen (secondary N) is 1. The second kappa shape index (κ2) is 4.20. The molecule has 0 bridgehead atoms. The Labute approximate surface area is 115 Å². The Hall–Kier alpha value is -1.10. The Kier molecular flexibility index (Phi) is 3.16. The first-order chi connectivity index (χ1) is 8.53. The van der Waals surface area contributed by atoms with Gasteiger partial charge in [-0.2, -0.15) is 0 Å². The number of hydrogen-bond donors (Lipinski definition) is 1. The average Bonchev–Trinajstić information content (AvgIpc) is 2.55. The van der Waals surface area contributed by atoms with Gasteiger partial charge in [0.1, 0.15) is 6.04 Å². The van der Waals surface area contributed by atoms with Gasteiger partial charge in [-0.05, 0) is 48.0 Å². The molecule has 2 amide bonds. The normalized spacial score (nSPS) is 29.5. The van der Waals surface area contributed by atoms with Crippen LogP contribution in [-0.2, 0) is 9.59 Å². The lowest BCUT2D eigenvalue weighted by atomic mass is 9.87. The molecule has 5 nitrogen and oxygen atoms in total. The highest BCUT2D eigenvalue weighted by Gasteiger charge is 2.53. The number of hydrazine groups is 1. The third-order valence-corrected chi connectivity index (χ3v) is 3.94. The van der Waals surface area contributed by atoms with E-state index in [9.17, 15) is 9.59 Å². The fourth-order valence-electron chi connectivity index (χ4n) is 2.96. The fraction of sp³-hybridized carbons (Fsp3) is 0.857. The molecule has 2 fully saturated rings. The zero-order chi connectivity index (χ0) is 14.6. The number of carbonyl (C=O) groups is 2. The summed E-state index contributed by atoms with van der Waals surface area (Å²) in [5, 5.41) is 1.83. The van der Waals surface area contributed by atoms with Crippen LogP contribution in [0.15, 0.2) is 0 Å². The van der Waals surface area contributed by atoms with Crippen LogP contribution in [0.5, 0.6) is 0 Å². The average molecular weight is 267 g/mol. The van der Waals surface area contributed by atoms with Gasteiger partial charge in [-0.15, -0.1) is 0 Å². The molecule has 0 aliphatic carbocycles. The van der Waals surface area contributed by atoms with E-state index < -0.39 is 0 Å². The minimum atomic E-state index is -0.361. The molecule has 2 atom stereocenters. The number of fused-ring (bicyclic) bond motifs is 1. The van der Waals surface area contributed by atoms with Crippen LogP contribution < -0.4 is 5.43 Å². The van der Waals surface area contributed by atoms with E-state index in [-0.39, 0.29) is 34.9 Å². The minimum Gasteiger partial charge on any atom is -0.336 e. The zero-order valence-electron chi connectivity index (χ0n) is 12.8. The number of amides is 2. The van der Waals surface area contributed by atoms with E-state index in [0.29, 0.717) is 6.54 Å². The Morgan fingerprint density at radius 1 is 1.05 bits per heavy atom. The van der Waals surface area contributed by atoms with Gasteiger partial charge in [0.25, 0.3) is 0 Å². The number of likely N-dealkylation sites (tertiary alicyclic amines) is 1. The SMILES string of the molecule is CC(C)(C)N1CCC2C(=O)NN(C(C)(C)C)C2C1=O. The first-order valence-electron chi connectivity index (χ1n) is 6.95. The van der Waals surface area contributed by atoms with Gasteiger partial charge >= 0.3 is 0 Å². The van der Waals surface area contributed by atoms with Crippen molar-refractivity contribution in [2.75, 3.05) is 6.54 Å². The van der Waals surface area contributed by atoms with E-state index in [1.165, 1.54) is 0 Å². The molecule has 2 aliphatic rings. The monoisotopic (exact) mass is 267 g/mol. The summed E-state index contributed by atoms with van der Waals surface area (Å²) in [6, 6.07) is -0.361. The lowest BCUT2D eigenvalue weighted by molar-refractivity contribution is -0.149. The second-order valence-electron chi connectivity index (χ2n) is 7.52. The van der Waals surface area contributed by atoms with Crippen molar-refractivity contribution in [1.29, 1.82) is 0 Å². The summed E-state index contributed by atoms with van der Waals surface area (Å²) in [5.74, 6) is -0.149. The molecular formula is C14H25N3O2. The Balaban J connectivity index is 2.33. The van der Waals surface area contributed by atoms with Crippen LogP contribution in [0, 0.1) is 5.92 Å². The van der Waals surface area contributed by atoms with Crippen LogP contribution in [0.25, 0.3) is 0 Å². The maximum atomic E-state index is 12.7. The summed E-state index contributed by atoms with van der Waals surface area (Å²) in [4.78, 5) is 26.7. The van der Waals surface area contributed by atoms with Crippen LogP contribution in [0.2, 0.25) is 0 Å². The lowest BCUT2D eigenvalue weighted by Gasteiger charge is -2.45. The molecular weight excluding hydrogens is 242 g/mol. The van der Waals surface area contributed by atoms with Gasteiger partial charge in [-0.1, -0.05) is 0 Å². The molecule has 1 N–H and O–H groups in total. The first kappa shape index (κ1) is 14.3. The third-order valence-electron chi connectivity index (χ3n) is 3.94. The van der Waals surface area contributed by atoms with Gasteiger partial charge in [0, 0.05) is 17.6 Å². The van der Waals surface area contributed by atoms with Gasteiger partial charge < -0.3 is 4.90 Å². The van der Waals surface area contributed by atoms with E-state index in [2.05, 4.69) is 5.43 Å². The van der Waals surface area contributed by atoms with Crippen molar-refractivity contribution in [2.45, 2.75) is 65.1 Å². The van der Waals surface area contributed by atoms with Crippen molar-refractivity contribution in [3.05, 3.63) is 0 Å². The largest absolute Gasteiger partial charge is 0.336 e. The van der Waals surface area contributed by atoms with Crippen molar-refractivity contribution < 1.29 is 9.59 Å². The van der Waals surface area contributed by atoms with Crippen molar-refractivity contribution in [3.8, 4) is 0 Å². The summed E-state index contributed by atoms with van der Waals surface area (Å²) in [6.07, 6.45) is 0.742. The van der Waals surface area contributed by atoms with Gasteiger partial charge in [0.15, 0.2) is 0 Å². The summed E-state index contributed by atoms with van der Waals surface area (Å²) in [6.45, 7) is 12.8. The molecule has 0 aromatic carbocycles. The molecule has 0 aromatic rings. The number of carbonyl (C=O) groups excluding carboxylic acids is 2. The van der Waals surface area contributed by atoms with E-state index in [1.807, 2.05) is 51.5 Å². The van der Waals surface area contributed by atoms with Crippen molar-refractivity contribution >= 4 is 11.8 Å². The molecule has 108 valence electrons. The van der Waals surface area contributed by atoms with Gasteiger partial charge in [-0.25, -0.2) is 5.01 Å². The minimum absolute atomic E-state index is 0.0122. The summed E-state index contributed by atoms with van der Waals surface area (Å²) in [7, 11) is 0. The highest BCUT2D eigenvalue weighted by molar-refractivity contribution is 5.94. The lowest BCUT2D eigenvalue weighted by Crippen LogP contribution is -2.62. The highest BCUT2D eigenvalue weighted by Crippen LogP contribution is 2.34. The Morgan fingerprint density at radius 2 is 1.63 bits per heavy atom. The first-order valence-corrected chi connectivity index (χ1v) is 6.95. The number of nitrogens with zero attached hydrogens (tertiary/aromatic N) is 2. The zero-order valence-corrected chi connectivity index (χ0v) is 12.8. The van der Waals surface area contributed by atoms with Crippen molar-refractivity contribution in [3.63, 3.8) is 0 Å². The second-order valence-corrected chi connectivity index (χ2v) is 7.52. The Bertz CT molecular complexity index is 406. The molecule has 5 heteroatoms. The number of hydrogen-bond acceptors (Lipinski definition) is 3. The highest BCUT2D eigenvalue weighted by atomic mass is 16.2. The molecule has 2 heterocycles. The molecule has 2 unspecified atom stereocenters. The van der Waals surface area contributed by atoms with Crippen LogP contribution >= 0.6 is 0 Å². The summed E-state index contributed by atoms with van der Waals surface area (Å²) < 4.78 is 0. The summed E-state index contributed by atoms with van der Waals surface area (Å²) in [5.41, 5.74) is 2.43. The molecule has 0 aromatic heterocycles. The smallest absolute Gasteiger partial charge is 0.243 e. The molecule has 0 spiro atoms. The number of piperidine rings is 1. The fourth-order valence-corrected chi connectivity index (χ4v) is 2.96. The molecule has 2 aliphatic heterocycles. The topological polar surface area (TPSA) is 52.7 Å². The van der Waals surface area contributed by atoms with Crippen LogP contribution in [-0.4, -0.2) is 45.4 Å². The van der Waals surface area contributed by atoms with Gasteiger partial charge in [0.2, 0.25) is 11.8 Å². The van der Waals surface area contributed by atoms with Gasteiger partial charge in [-0.3, -0.25) is 15.0 Å². The molecule has 0 radical (unpaired) electrons. The Morgan fingerprint density at radius 3 is 2.11 bits per heavy atom. The van der Waals surface area contributed by atoms with Gasteiger partial charge in [0.05, 0.1) is 5.92 Å². The van der Waals surface area contributed by atoms with E-state index in [0.717, 1.165) is 6.42 Å². The van der Waals surface area contributed by atoms with Crippen molar-refractivity contribution in [1.82, 2.24) is 15.3 Å². The standard InChI is InChI=1S/C14H25N3O2/c1-13(2,3)16-8-7-9-10(12(16)19)17(14(4,5)6)15-11(9)18/h9-10H,7-8H2,1-6H3,(H,15,18). The molecule has 0 saturated carbocycles. The van der Waals surface area contributed by atoms with E-state index in [1.54, 1.807) is 0 Å². The predicted molar refractivity (Wildman–Crippen MR) is 73.1 cm³/mol. The quantitative estimate of drug-likeness (QED) is 0.716. The third kappa shape index (κ3) is 2.36. The van der Waals surface area contributed by atoms with Crippen molar-refractivity contribution in [2.24, 2.45) is 5.92 Å². The maximum absolute atomic E-state index is 12.7. The van der Waals surface area contributed by atoms with E-state index in [4.69, 9.17) is 0 Å². The molecule has 2 saturated heterocycles. The predicted octanol–water partition coefficient (Wildman–Crippen LogP) is 1.15. The molecule has 19 heavy (non-hydrogen) atoms.